The number of hydrogen-bond acceptors (Lipinski definition) is 4. The number of methoxy groups -OCH3 is 1. The van der Waals surface area contributed by atoms with Crippen molar-refractivity contribution in [3.8, 4) is 5.75 Å². The molecular formula is C17H19F5O5. The number of rotatable bonds is 6. The van der Waals surface area contributed by atoms with Crippen LogP contribution in [0.2, 0.25) is 0 Å². The van der Waals surface area contributed by atoms with E-state index < -0.39 is 53.1 Å². The van der Waals surface area contributed by atoms with Crippen molar-refractivity contribution < 1.29 is 46.1 Å². The predicted octanol–water partition coefficient (Wildman–Crippen LogP) is 3.51. The molecule has 1 heterocycles. The average Bonchev–Trinajstić information content (AvgIpc) is 2.85. The van der Waals surface area contributed by atoms with E-state index in [0.29, 0.717) is 6.07 Å². The van der Waals surface area contributed by atoms with Crippen molar-refractivity contribution in [2.45, 2.75) is 37.6 Å². The van der Waals surface area contributed by atoms with Crippen LogP contribution >= 0.6 is 0 Å². The summed E-state index contributed by atoms with van der Waals surface area (Å²) in [5.74, 6) is -7.81. The summed E-state index contributed by atoms with van der Waals surface area (Å²) in [5, 5.41) is 9.37. The van der Waals surface area contributed by atoms with E-state index in [1.807, 2.05) is 0 Å². The number of carbonyl (C=O) groups is 1. The van der Waals surface area contributed by atoms with Crippen LogP contribution < -0.4 is 4.74 Å². The molecule has 2 rings (SSSR count). The number of hydrogen-bond donors (Lipinski definition) is 1. The third-order valence-corrected chi connectivity index (χ3v) is 4.89. The van der Waals surface area contributed by atoms with E-state index in [1.165, 1.54) is 7.11 Å². The molecule has 0 unspecified atom stereocenters. The van der Waals surface area contributed by atoms with Crippen LogP contribution in [-0.2, 0) is 14.3 Å². The largest absolute Gasteiger partial charge is 0.488 e. The minimum atomic E-state index is -4.87. The molecule has 0 aromatic heterocycles. The van der Waals surface area contributed by atoms with E-state index in [4.69, 9.17) is 14.2 Å². The highest BCUT2D eigenvalue weighted by molar-refractivity contribution is 5.75. The lowest BCUT2D eigenvalue weighted by Crippen LogP contribution is -2.47. The number of halogens is 5. The number of benzene rings is 1. The molecule has 27 heavy (non-hydrogen) atoms. The lowest BCUT2D eigenvalue weighted by Gasteiger charge is -2.32. The summed E-state index contributed by atoms with van der Waals surface area (Å²) < 4.78 is 83.2. The monoisotopic (exact) mass is 398 g/mol. The van der Waals surface area contributed by atoms with Gasteiger partial charge in [0.05, 0.1) is 6.61 Å². The summed E-state index contributed by atoms with van der Waals surface area (Å²) >= 11 is 0. The first-order valence-corrected chi connectivity index (χ1v) is 8.02. The zero-order chi connectivity index (χ0) is 20.6. The van der Waals surface area contributed by atoms with E-state index in [0.717, 1.165) is 19.9 Å². The fourth-order valence-corrected chi connectivity index (χ4v) is 3.19. The van der Waals surface area contributed by atoms with Gasteiger partial charge in [-0.1, -0.05) is 13.0 Å². The first kappa shape index (κ1) is 21.4. The van der Waals surface area contributed by atoms with E-state index in [9.17, 15) is 31.9 Å². The highest BCUT2D eigenvalue weighted by atomic mass is 19.4. The molecule has 1 aliphatic rings. The lowest BCUT2D eigenvalue weighted by molar-refractivity contribution is -0.273. The quantitative estimate of drug-likeness (QED) is 0.587. The van der Waals surface area contributed by atoms with Gasteiger partial charge in [-0.15, -0.1) is 0 Å². The van der Waals surface area contributed by atoms with Crippen molar-refractivity contribution in [1.29, 1.82) is 0 Å². The second-order valence-corrected chi connectivity index (χ2v) is 6.42. The van der Waals surface area contributed by atoms with Crippen molar-refractivity contribution in [2.75, 3.05) is 20.3 Å². The molecule has 1 aromatic carbocycles. The highest BCUT2D eigenvalue weighted by Gasteiger charge is 2.66. The zero-order valence-corrected chi connectivity index (χ0v) is 14.8. The summed E-state index contributed by atoms with van der Waals surface area (Å²) in [6.45, 7) is 1.69. The van der Waals surface area contributed by atoms with Crippen LogP contribution in [0.4, 0.5) is 22.0 Å². The Morgan fingerprint density at radius 1 is 1.30 bits per heavy atom. The fraction of sp³-hybridized carbons (Fsp3) is 0.588. The number of carboxylic acids is 1. The van der Waals surface area contributed by atoms with Crippen molar-refractivity contribution in [2.24, 2.45) is 5.92 Å². The van der Waals surface area contributed by atoms with Gasteiger partial charge >= 0.3 is 12.1 Å². The van der Waals surface area contributed by atoms with Gasteiger partial charge in [0, 0.05) is 24.5 Å². The first-order chi connectivity index (χ1) is 12.5. The average molecular weight is 398 g/mol. The first-order valence-electron chi connectivity index (χ1n) is 8.02. The van der Waals surface area contributed by atoms with Gasteiger partial charge in [0.1, 0.15) is 6.61 Å². The molecule has 0 bridgehead atoms. The van der Waals surface area contributed by atoms with Crippen LogP contribution in [0.15, 0.2) is 12.1 Å². The minimum absolute atomic E-state index is 0.00867. The molecule has 0 spiro atoms. The van der Waals surface area contributed by atoms with Crippen LogP contribution in [0.1, 0.15) is 25.3 Å². The summed E-state index contributed by atoms with van der Waals surface area (Å²) in [7, 11) is 1.34. The van der Waals surface area contributed by atoms with Crippen LogP contribution in [0, 0.1) is 17.6 Å². The number of aliphatic carboxylic acids is 1. The maximum atomic E-state index is 14.3. The summed E-state index contributed by atoms with van der Waals surface area (Å²) in [6.07, 6.45) is -6.79. The Morgan fingerprint density at radius 2 is 1.93 bits per heavy atom. The Hall–Kier alpha value is -1.94. The van der Waals surface area contributed by atoms with Crippen molar-refractivity contribution in [3.63, 3.8) is 0 Å². The zero-order valence-electron chi connectivity index (χ0n) is 14.8. The van der Waals surface area contributed by atoms with Gasteiger partial charge < -0.3 is 19.3 Å². The second kappa shape index (κ2) is 7.59. The molecule has 0 saturated carbocycles. The maximum absolute atomic E-state index is 14.3. The van der Waals surface area contributed by atoms with Gasteiger partial charge in [-0.05, 0) is 13.0 Å². The Morgan fingerprint density at radius 3 is 2.44 bits per heavy atom. The molecule has 0 amide bonds. The standard InChI is InChI=1S/C17H19F5O5/c1-8-11(14(15(23)24)27-16(8,2)17(20,21)22)9-4-5-10(18)12(19)13(9)26-7-6-25-3/h4-5,8,11,14H,6-7H2,1-3H3,(H,23,24)/t8-,11-,14+,16+/m0/s1. The van der Waals surface area contributed by atoms with Crippen molar-refractivity contribution in [1.82, 2.24) is 0 Å². The summed E-state index contributed by atoms with van der Waals surface area (Å²) in [5.41, 5.74) is -2.99. The topological polar surface area (TPSA) is 65.0 Å². The number of carboxylic acid groups (broad SMARTS) is 1. The lowest BCUT2D eigenvalue weighted by atomic mass is 9.77. The molecule has 0 radical (unpaired) electrons. The smallest absolute Gasteiger partial charge is 0.417 e. The maximum Gasteiger partial charge on any atom is 0.417 e. The van der Waals surface area contributed by atoms with Crippen molar-refractivity contribution >= 4 is 5.97 Å². The van der Waals surface area contributed by atoms with Gasteiger partial charge in [-0.2, -0.15) is 17.6 Å². The van der Waals surface area contributed by atoms with Gasteiger partial charge in [-0.25, -0.2) is 9.18 Å². The Kier molecular flexibility index (Phi) is 6.00. The molecule has 10 heteroatoms. The Bertz CT molecular complexity index is 708. The fourth-order valence-electron chi connectivity index (χ4n) is 3.19. The molecule has 1 aliphatic heterocycles. The van der Waals surface area contributed by atoms with Crippen LogP contribution in [-0.4, -0.2) is 49.3 Å². The molecule has 0 aliphatic carbocycles. The van der Waals surface area contributed by atoms with Crippen LogP contribution in [0.25, 0.3) is 0 Å². The minimum Gasteiger partial charge on any atom is -0.488 e. The predicted molar refractivity (Wildman–Crippen MR) is 82.6 cm³/mol. The molecular weight excluding hydrogens is 379 g/mol. The number of ether oxygens (including phenoxy) is 3. The molecule has 1 fully saturated rings. The molecule has 4 atom stereocenters. The van der Waals surface area contributed by atoms with E-state index in [1.54, 1.807) is 0 Å². The SMILES string of the molecule is COCCOc1c([C@H]2[C@H](C(=O)O)O[C@@](C)(C(F)(F)F)[C@H]2C)ccc(F)c1F. The summed E-state index contributed by atoms with van der Waals surface area (Å²) in [6, 6.07) is 1.73. The third-order valence-electron chi connectivity index (χ3n) is 4.89. The highest BCUT2D eigenvalue weighted by Crippen LogP contribution is 2.54. The molecule has 1 aromatic rings. The van der Waals surface area contributed by atoms with Gasteiger partial charge in [0.2, 0.25) is 5.82 Å². The van der Waals surface area contributed by atoms with Crippen molar-refractivity contribution in [3.05, 3.63) is 29.3 Å². The summed E-state index contributed by atoms with van der Waals surface area (Å²) in [4.78, 5) is 11.5. The van der Waals surface area contributed by atoms with Gasteiger partial charge in [-0.3, -0.25) is 0 Å². The van der Waals surface area contributed by atoms with Gasteiger partial charge in [0.15, 0.2) is 23.3 Å². The Labute approximate surface area is 152 Å². The van der Waals surface area contributed by atoms with Crippen LogP contribution in [0.5, 0.6) is 5.75 Å². The number of alkyl halides is 3. The second-order valence-electron chi connectivity index (χ2n) is 6.42. The molecule has 5 nitrogen and oxygen atoms in total. The normalized spacial score (nSPS) is 28.4. The van der Waals surface area contributed by atoms with E-state index in [2.05, 4.69) is 0 Å². The van der Waals surface area contributed by atoms with E-state index in [-0.39, 0.29) is 18.8 Å². The van der Waals surface area contributed by atoms with E-state index >= 15 is 0 Å². The van der Waals surface area contributed by atoms with Crippen LogP contribution in [0.3, 0.4) is 0 Å². The Balaban J connectivity index is 2.57. The molecule has 152 valence electrons. The third kappa shape index (κ3) is 3.73. The molecule has 1 saturated heterocycles. The van der Waals surface area contributed by atoms with Gasteiger partial charge in [0.25, 0.3) is 0 Å². The molecule has 1 N–H and O–H groups in total.